The fraction of sp³-hybridized carbons (Fsp3) is 0.484. The third-order valence-corrected chi connectivity index (χ3v) is 8.10. The highest BCUT2D eigenvalue weighted by atomic mass is 16.5. The second-order valence-electron chi connectivity index (χ2n) is 11.3. The van der Waals surface area contributed by atoms with Crippen molar-refractivity contribution in [3.8, 4) is 17.1 Å². The highest BCUT2D eigenvalue weighted by Crippen LogP contribution is 2.42. The number of benzene rings is 2. The monoisotopic (exact) mass is 516 g/mol. The molecular weight excluding hydrogens is 476 g/mol. The molecule has 0 bridgehead atoms. The molecule has 5 rings (SSSR count). The number of hydrogen-bond donors (Lipinski definition) is 1. The van der Waals surface area contributed by atoms with Crippen LogP contribution in [0.15, 0.2) is 59.1 Å². The number of amides is 2. The molecular formula is C31H40N4O3. The van der Waals surface area contributed by atoms with Crippen molar-refractivity contribution in [3.63, 3.8) is 0 Å². The van der Waals surface area contributed by atoms with Gasteiger partial charge in [-0.2, -0.15) is 0 Å². The average molecular weight is 517 g/mol. The van der Waals surface area contributed by atoms with E-state index >= 15 is 0 Å². The van der Waals surface area contributed by atoms with E-state index in [0.717, 1.165) is 63.5 Å². The molecule has 38 heavy (non-hydrogen) atoms. The van der Waals surface area contributed by atoms with Crippen LogP contribution in [-0.2, 0) is 6.54 Å². The number of piperidine rings is 2. The van der Waals surface area contributed by atoms with Gasteiger partial charge in [-0.3, -0.25) is 4.90 Å². The number of nitrogens with one attached hydrogen (secondary N) is 1. The molecule has 2 fully saturated rings. The zero-order chi connectivity index (χ0) is 26.5. The number of ether oxygens (including phenoxy) is 1. The minimum absolute atomic E-state index is 0.0706. The van der Waals surface area contributed by atoms with Crippen LogP contribution in [0.25, 0.3) is 11.3 Å². The third-order valence-electron chi connectivity index (χ3n) is 8.10. The number of carbonyl (C=O) groups excluding carboxylic acids is 1. The van der Waals surface area contributed by atoms with E-state index < -0.39 is 0 Å². The summed E-state index contributed by atoms with van der Waals surface area (Å²) >= 11 is 0. The summed E-state index contributed by atoms with van der Waals surface area (Å²) in [6.45, 7) is 11.6. The number of hydrogen-bond acceptors (Lipinski definition) is 5. The Kier molecular flexibility index (Phi) is 8.03. The van der Waals surface area contributed by atoms with Crippen molar-refractivity contribution in [3.05, 3.63) is 65.9 Å². The number of anilines is 1. The van der Waals surface area contributed by atoms with Gasteiger partial charge in [0.15, 0.2) is 5.76 Å². The predicted octanol–water partition coefficient (Wildman–Crippen LogP) is 6.59. The van der Waals surface area contributed by atoms with Crippen LogP contribution < -0.4 is 10.1 Å². The first kappa shape index (κ1) is 26.3. The van der Waals surface area contributed by atoms with Crippen LogP contribution in [0.3, 0.4) is 0 Å². The molecule has 1 N–H and O–H groups in total. The Bertz CT molecular complexity index is 1200. The number of urea groups is 1. The molecule has 0 atom stereocenters. The van der Waals surface area contributed by atoms with Crippen molar-refractivity contribution in [2.45, 2.75) is 53.0 Å². The molecule has 2 aliphatic heterocycles. The molecule has 2 amide bonds. The molecule has 7 nitrogen and oxygen atoms in total. The van der Waals surface area contributed by atoms with Gasteiger partial charge in [-0.25, -0.2) is 4.79 Å². The number of rotatable bonds is 7. The molecule has 3 heterocycles. The molecule has 0 unspecified atom stereocenters. The van der Waals surface area contributed by atoms with E-state index in [-0.39, 0.29) is 6.03 Å². The first-order chi connectivity index (χ1) is 18.4. The van der Waals surface area contributed by atoms with Crippen molar-refractivity contribution in [2.75, 3.05) is 38.1 Å². The number of likely N-dealkylation sites (tertiary alicyclic amines) is 2. The van der Waals surface area contributed by atoms with Gasteiger partial charge in [-0.05, 0) is 63.1 Å². The molecule has 2 aromatic carbocycles. The lowest BCUT2D eigenvalue weighted by atomic mass is 9.71. The first-order valence-corrected chi connectivity index (χ1v) is 13.9. The molecule has 1 spiro atoms. The first-order valence-electron chi connectivity index (χ1n) is 13.9. The SMILES string of the molecule is Cc1noc(-c2ccccc2)c1NC(=O)N1CCC2(CCN(Cc3ccccc3OCC(C)C)CC2)CC1. The molecule has 0 radical (unpaired) electrons. The number of nitrogens with zero attached hydrogens (tertiary/aromatic N) is 3. The third kappa shape index (κ3) is 6.04. The van der Waals surface area contributed by atoms with Gasteiger partial charge in [0.05, 0.1) is 6.61 Å². The molecule has 202 valence electrons. The van der Waals surface area contributed by atoms with Gasteiger partial charge in [-0.1, -0.05) is 67.5 Å². The highest BCUT2D eigenvalue weighted by Gasteiger charge is 2.39. The Morgan fingerprint density at radius 2 is 1.66 bits per heavy atom. The molecule has 0 saturated carbocycles. The van der Waals surface area contributed by atoms with Gasteiger partial charge in [0, 0.05) is 30.8 Å². The van der Waals surface area contributed by atoms with E-state index in [0.29, 0.717) is 28.5 Å². The fourth-order valence-electron chi connectivity index (χ4n) is 5.63. The minimum atomic E-state index is -0.0706. The molecule has 2 aliphatic rings. The smallest absolute Gasteiger partial charge is 0.322 e. The Morgan fingerprint density at radius 1 is 1.00 bits per heavy atom. The van der Waals surface area contributed by atoms with Gasteiger partial charge in [0.25, 0.3) is 0 Å². The maximum Gasteiger partial charge on any atom is 0.322 e. The zero-order valence-electron chi connectivity index (χ0n) is 22.9. The van der Waals surface area contributed by atoms with Crippen molar-refractivity contribution < 1.29 is 14.1 Å². The quantitative estimate of drug-likeness (QED) is 0.383. The normalized spacial score (nSPS) is 17.6. The van der Waals surface area contributed by atoms with E-state index in [4.69, 9.17) is 9.26 Å². The lowest BCUT2D eigenvalue weighted by Gasteiger charge is -2.46. The van der Waals surface area contributed by atoms with Crippen molar-refractivity contribution in [1.82, 2.24) is 15.0 Å². The molecule has 0 aliphatic carbocycles. The van der Waals surface area contributed by atoms with Crippen LogP contribution in [0.1, 0.15) is 50.8 Å². The van der Waals surface area contributed by atoms with Crippen LogP contribution >= 0.6 is 0 Å². The van der Waals surface area contributed by atoms with E-state index in [2.05, 4.69) is 53.5 Å². The predicted molar refractivity (Wildman–Crippen MR) is 150 cm³/mol. The minimum Gasteiger partial charge on any atom is -0.493 e. The van der Waals surface area contributed by atoms with Crippen molar-refractivity contribution in [2.24, 2.45) is 11.3 Å². The zero-order valence-corrected chi connectivity index (χ0v) is 22.9. The van der Waals surface area contributed by atoms with Crippen LogP contribution in [0.2, 0.25) is 0 Å². The summed E-state index contributed by atoms with van der Waals surface area (Å²) in [5.41, 5.74) is 3.86. The van der Waals surface area contributed by atoms with Crippen molar-refractivity contribution in [1.29, 1.82) is 0 Å². The van der Waals surface area contributed by atoms with Gasteiger partial charge in [-0.15, -0.1) is 0 Å². The van der Waals surface area contributed by atoms with E-state index in [9.17, 15) is 4.79 Å². The summed E-state index contributed by atoms with van der Waals surface area (Å²) in [6, 6.07) is 18.2. The molecule has 3 aromatic rings. The molecule has 7 heteroatoms. The molecule has 1 aromatic heterocycles. The van der Waals surface area contributed by atoms with E-state index in [1.54, 1.807) is 0 Å². The van der Waals surface area contributed by atoms with Gasteiger partial charge in [0.2, 0.25) is 0 Å². The lowest BCUT2D eigenvalue weighted by molar-refractivity contribution is 0.0439. The van der Waals surface area contributed by atoms with Gasteiger partial charge >= 0.3 is 6.03 Å². The fourth-order valence-corrected chi connectivity index (χ4v) is 5.63. The maximum absolute atomic E-state index is 13.2. The summed E-state index contributed by atoms with van der Waals surface area (Å²) in [4.78, 5) is 17.7. The van der Waals surface area contributed by atoms with Crippen LogP contribution in [0.5, 0.6) is 5.75 Å². The summed E-state index contributed by atoms with van der Waals surface area (Å²) in [5, 5.41) is 7.18. The van der Waals surface area contributed by atoms with Crippen LogP contribution in [0.4, 0.5) is 10.5 Å². The average Bonchev–Trinajstić information content (AvgIpc) is 3.30. The second-order valence-corrected chi connectivity index (χ2v) is 11.3. The summed E-state index contributed by atoms with van der Waals surface area (Å²) < 4.78 is 11.6. The van der Waals surface area contributed by atoms with E-state index in [1.165, 1.54) is 18.4 Å². The van der Waals surface area contributed by atoms with E-state index in [1.807, 2.05) is 42.2 Å². The summed E-state index contributed by atoms with van der Waals surface area (Å²) in [5.74, 6) is 2.13. The number of aryl methyl sites for hydroxylation is 1. The number of aromatic nitrogens is 1. The van der Waals surface area contributed by atoms with Gasteiger partial charge in [0.1, 0.15) is 17.1 Å². The van der Waals surface area contributed by atoms with Crippen LogP contribution in [-0.4, -0.2) is 53.8 Å². The Morgan fingerprint density at radius 3 is 2.37 bits per heavy atom. The Labute approximate surface area is 226 Å². The maximum atomic E-state index is 13.2. The van der Waals surface area contributed by atoms with Crippen LogP contribution in [0, 0.1) is 18.3 Å². The topological polar surface area (TPSA) is 70.8 Å². The Hall–Kier alpha value is -3.32. The summed E-state index contributed by atoms with van der Waals surface area (Å²) in [6.07, 6.45) is 4.47. The number of para-hydroxylation sites is 1. The summed E-state index contributed by atoms with van der Waals surface area (Å²) in [7, 11) is 0. The number of carbonyl (C=O) groups is 1. The molecule has 2 saturated heterocycles. The van der Waals surface area contributed by atoms with Crippen molar-refractivity contribution >= 4 is 11.7 Å². The van der Waals surface area contributed by atoms with Gasteiger partial charge < -0.3 is 19.5 Å². The highest BCUT2D eigenvalue weighted by molar-refractivity contribution is 5.94. The second kappa shape index (κ2) is 11.6. The standard InChI is InChI=1S/C31H40N4O3/c1-23(2)22-37-27-12-8-7-11-26(27)21-34-17-13-31(14-18-34)15-19-35(20-16-31)30(36)32-28-24(3)33-38-29(28)25-9-5-4-6-10-25/h4-12,23H,13-22H2,1-3H3,(H,32,36). The Balaban J connectivity index is 1.13. The largest absolute Gasteiger partial charge is 0.493 e. The lowest BCUT2D eigenvalue weighted by Crippen LogP contribution is -2.49.